The van der Waals surface area contributed by atoms with Gasteiger partial charge in [0.05, 0.1) is 0 Å². The molecule has 2 heteroatoms. The SMILES string of the molecule is CC(C)Cc1ccc(-c2ccc(Cl)cc2)o1. The monoisotopic (exact) mass is 234 g/mol. The normalized spacial score (nSPS) is 11.0. The van der Waals surface area contributed by atoms with Gasteiger partial charge in [0.2, 0.25) is 0 Å². The van der Waals surface area contributed by atoms with Crippen LogP contribution in [0.15, 0.2) is 40.8 Å². The van der Waals surface area contributed by atoms with Crippen molar-refractivity contribution in [2.45, 2.75) is 20.3 Å². The maximum absolute atomic E-state index is 5.84. The molecule has 0 spiro atoms. The summed E-state index contributed by atoms with van der Waals surface area (Å²) in [5.74, 6) is 2.57. The minimum absolute atomic E-state index is 0.615. The number of benzene rings is 1. The molecule has 1 aromatic carbocycles. The second-order valence-corrected chi connectivity index (χ2v) is 4.81. The summed E-state index contributed by atoms with van der Waals surface area (Å²) in [6.07, 6.45) is 0.980. The van der Waals surface area contributed by atoms with Gasteiger partial charge >= 0.3 is 0 Å². The molecule has 84 valence electrons. The summed E-state index contributed by atoms with van der Waals surface area (Å²) in [5.41, 5.74) is 1.07. The van der Waals surface area contributed by atoms with Crippen LogP contribution in [-0.4, -0.2) is 0 Å². The fraction of sp³-hybridized carbons (Fsp3) is 0.286. The number of halogens is 1. The predicted octanol–water partition coefficient (Wildman–Crippen LogP) is 4.80. The van der Waals surface area contributed by atoms with Gasteiger partial charge in [-0.05, 0) is 42.3 Å². The molecule has 16 heavy (non-hydrogen) atoms. The number of hydrogen-bond acceptors (Lipinski definition) is 1. The van der Waals surface area contributed by atoms with Crippen molar-refractivity contribution >= 4 is 11.6 Å². The Kier molecular flexibility index (Phi) is 3.35. The van der Waals surface area contributed by atoms with Crippen LogP contribution in [0.5, 0.6) is 0 Å². The first kappa shape index (κ1) is 11.3. The van der Waals surface area contributed by atoms with Crippen LogP contribution in [0.4, 0.5) is 0 Å². The number of rotatable bonds is 3. The minimum Gasteiger partial charge on any atom is -0.461 e. The number of hydrogen-bond donors (Lipinski definition) is 0. The van der Waals surface area contributed by atoms with E-state index in [1.165, 1.54) is 0 Å². The Labute approximate surface area is 101 Å². The van der Waals surface area contributed by atoms with Crippen LogP contribution in [0.1, 0.15) is 19.6 Å². The van der Waals surface area contributed by atoms with Crippen molar-refractivity contribution in [3.8, 4) is 11.3 Å². The van der Waals surface area contributed by atoms with E-state index < -0.39 is 0 Å². The second-order valence-electron chi connectivity index (χ2n) is 4.37. The molecule has 0 atom stereocenters. The first-order valence-corrected chi connectivity index (χ1v) is 5.87. The maximum atomic E-state index is 5.84. The fourth-order valence-corrected chi connectivity index (χ4v) is 1.79. The van der Waals surface area contributed by atoms with Crippen molar-refractivity contribution in [3.63, 3.8) is 0 Å². The molecule has 0 N–H and O–H groups in total. The number of furan rings is 1. The van der Waals surface area contributed by atoms with Crippen molar-refractivity contribution < 1.29 is 4.42 Å². The summed E-state index contributed by atoms with van der Waals surface area (Å²) in [4.78, 5) is 0. The Bertz CT molecular complexity index is 454. The lowest BCUT2D eigenvalue weighted by molar-refractivity contribution is 0.482. The molecular weight excluding hydrogens is 220 g/mol. The molecule has 2 aromatic rings. The van der Waals surface area contributed by atoms with Gasteiger partial charge in [-0.25, -0.2) is 0 Å². The standard InChI is InChI=1S/C14H15ClO/c1-10(2)9-13-7-8-14(16-13)11-3-5-12(15)6-4-11/h3-8,10H,9H2,1-2H3. The van der Waals surface area contributed by atoms with Gasteiger partial charge in [0.15, 0.2) is 0 Å². The van der Waals surface area contributed by atoms with E-state index in [4.69, 9.17) is 16.0 Å². The topological polar surface area (TPSA) is 13.1 Å². The first-order chi connectivity index (χ1) is 7.65. The predicted molar refractivity (Wildman–Crippen MR) is 67.7 cm³/mol. The van der Waals surface area contributed by atoms with Crippen LogP contribution in [-0.2, 0) is 6.42 Å². The molecule has 0 aliphatic heterocycles. The molecule has 0 aliphatic carbocycles. The average Bonchev–Trinajstić information content (AvgIpc) is 2.66. The Morgan fingerprint density at radius 1 is 1.06 bits per heavy atom. The van der Waals surface area contributed by atoms with Gasteiger partial charge in [-0.2, -0.15) is 0 Å². The molecule has 2 rings (SSSR count). The molecule has 0 bridgehead atoms. The third-order valence-corrected chi connectivity index (χ3v) is 2.65. The molecule has 0 aliphatic rings. The van der Waals surface area contributed by atoms with Gasteiger partial charge in [0, 0.05) is 17.0 Å². The lowest BCUT2D eigenvalue weighted by Crippen LogP contribution is -1.90. The van der Waals surface area contributed by atoms with E-state index in [9.17, 15) is 0 Å². The highest BCUT2D eigenvalue weighted by atomic mass is 35.5. The van der Waals surface area contributed by atoms with Crippen molar-refractivity contribution in [2.75, 3.05) is 0 Å². The zero-order valence-corrected chi connectivity index (χ0v) is 10.3. The van der Waals surface area contributed by atoms with E-state index in [1.807, 2.05) is 36.4 Å². The van der Waals surface area contributed by atoms with Crippen molar-refractivity contribution in [1.29, 1.82) is 0 Å². The summed E-state index contributed by atoms with van der Waals surface area (Å²) in [5, 5.41) is 0.748. The lowest BCUT2D eigenvalue weighted by Gasteiger charge is -2.00. The Hall–Kier alpha value is -1.21. The van der Waals surface area contributed by atoms with E-state index in [0.29, 0.717) is 5.92 Å². The van der Waals surface area contributed by atoms with Gasteiger partial charge < -0.3 is 4.42 Å². The Balaban J connectivity index is 2.21. The second kappa shape index (κ2) is 4.75. The van der Waals surface area contributed by atoms with Crippen LogP contribution in [0, 0.1) is 5.92 Å². The van der Waals surface area contributed by atoms with Gasteiger partial charge in [0.25, 0.3) is 0 Å². The molecule has 0 fully saturated rings. The molecule has 0 unspecified atom stereocenters. The van der Waals surface area contributed by atoms with Gasteiger partial charge in [-0.3, -0.25) is 0 Å². The smallest absolute Gasteiger partial charge is 0.134 e. The molecule has 0 radical (unpaired) electrons. The Morgan fingerprint density at radius 2 is 1.75 bits per heavy atom. The highest BCUT2D eigenvalue weighted by molar-refractivity contribution is 6.30. The van der Waals surface area contributed by atoms with Crippen LogP contribution in [0.3, 0.4) is 0 Å². The maximum Gasteiger partial charge on any atom is 0.134 e. The van der Waals surface area contributed by atoms with Crippen molar-refractivity contribution in [1.82, 2.24) is 0 Å². The van der Waals surface area contributed by atoms with Crippen LogP contribution in [0.2, 0.25) is 5.02 Å². The lowest BCUT2D eigenvalue weighted by atomic mass is 10.1. The largest absolute Gasteiger partial charge is 0.461 e. The van der Waals surface area contributed by atoms with E-state index in [0.717, 1.165) is 28.5 Å². The zero-order chi connectivity index (χ0) is 11.5. The summed E-state index contributed by atoms with van der Waals surface area (Å²) in [6, 6.07) is 11.8. The molecule has 1 heterocycles. The average molecular weight is 235 g/mol. The van der Waals surface area contributed by atoms with Gasteiger partial charge in [-0.15, -0.1) is 0 Å². The van der Waals surface area contributed by atoms with Crippen LogP contribution < -0.4 is 0 Å². The summed E-state index contributed by atoms with van der Waals surface area (Å²) in [7, 11) is 0. The molecular formula is C14H15ClO. The summed E-state index contributed by atoms with van der Waals surface area (Å²) >= 11 is 5.84. The molecule has 0 amide bonds. The molecule has 1 nitrogen and oxygen atoms in total. The van der Waals surface area contributed by atoms with Crippen LogP contribution >= 0.6 is 11.6 Å². The minimum atomic E-state index is 0.615. The van der Waals surface area contributed by atoms with Gasteiger partial charge in [-0.1, -0.05) is 25.4 Å². The molecule has 0 saturated heterocycles. The van der Waals surface area contributed by atoms with Crippen molar-refractivity contribution in [3.05, 3.63) is 47.2 Å². The molecule has 0 saturated carbocycles. The van der Waals surface area contributed by atoms with E-state index >= 15 is 0 Å². The highest BCUT2D eigenvalue weighted by Gasteiger charge is 2.06. The van der Waals surface area contributed by atoms with E-state index in [1.54, 1.807) is 0 Å². The van der Waals surface area contributed by atoms with E-state index in [2.05, 4.69) is 13.8 Å². The molecule has 1 aromatic heterocycles. The van der Waals surface area contributed by atoms with Crippen LogP contribution in [0.25, 0.3) is 11.3 Å². The zero-order valence-electron chi connectivity index (χ0n) is 9.53. The van der Waals surface area contributed by atoms with Gasteiger partial charge in [0.1, 0.15) is 11.5 Å². The van der Waals surface area contributed by atoms with E-state index in [-0.39, 0.29) is 0 Å². The Morgan fingerprint density at radius 3 is 2.38 bits per heavy atom. The first-order valence-electron chi connectivity index (χ1n) is 5.50. The summed E-state index contributed by atoms with van der Waals surface area (Å²) < 4.78 is 5.78. The fourth-order valence-electron chi connectivity index (χ4n) is 1.66. The third-order valence-electron chi connectivity index (χ3n) is 2.40. The highest BCUT2D eigenvalue weighted by Crippen LogP contribution is 2.24. The summed E-state index contributed by atoms with van der Waals surface area (Å²) in [6.45, 7) is 4.37. The van der Waals surface area contributed by atoms with Crippen molar-refractivity contribution in [2.24, 2.45) is 5.92 Å². The quantitative estimate of drug-likeness (QED) is 0.744. The third kappa shape index (κ3) is 2.67.